The van der Waals surface area contributed by atoms with Crippen LogP contribution in [0.4, 0.5) is 5.82 Å². The fourth-order valence-electron chi connectivity index (χ4n) is 3.47. The lowest BCUT2D eigenvalue weighted by Gasteiger charge is -2.40. The first-order valence-electron chi connectivity index (χ1n) is 8.53. The molecule has 120 valence electrons. The van der Waals surface area contributed by atoms with Crippen molar-refractivity contribution in [1.29, 1.82) is 0 Å². The van der Waals surface area contributed by atoms with Gasteiger partial charge in [-0.15, -0.1) is 5.10 Å². The maximum Gasteiger partial charge on any atom is 0.151 e. The van der Waals surface area contributed by atoms with E-state index in [1.54, 1.807) is 0 Å². The summed E-state index contributed by atoms with van der Waals surface area (Å²) in [5.74, 6) is 1.75. The number of hydrogen-bond acceptors (Lipinski definition) is 5. The molecule has 5 nitrogen and oxygen atoms in total. The predicted molar refractivity (Wildman–Crippen MR) is 90.4 cm³/mol. The van der Waals surface area contributed by atoms with Gasteiger partial charge in [0.25, 0.3) is 0 Å². The number of pyridine rings is 1. The van der Waals surface area contributed by atoms with Crippen LogP contribution in [0.15, 0.2) is 30.6 Å². The molecule has 4 rings (SSSR count). The highest BCUT2D eigenvalue weighted by Gasteiger charge is 2.29. The van der Waals surface area contributed by atoms with Gasteiger partial charge < -0.3 is 10.2 Å². The number of hydrogen-bond donors (Lipinski definition) is 1. The number of nitrogens with one attached hydrogen (secondary N) is 1. The Labute approximate surface area is 137 Å². The van der Waals surface area contributed by atoms with Gasteiger partial charge in [0, 0.05) is 44.0 Å². The largest absolute Gasteiger partial charge is 0.354 e. The zero-order valence-corrected chi connectivity index (χ0v) is 13.6. The summed E-state index contributed by atoms with van der Waals surface area (Å²) in [5.41, 5.74) is 3.90. The summed E-state index contributed by atoms with van der Waals surface area (Å²) in [6.45, 7) is 5.39. The Morgan fingerprint density at radius 3 is 2.87 bits per heavy atom. The van der Waals surface area contributed by atoms with Crippen molar-refractivity contribution in [2.75, 3.05) is 24.5 Å². The van der Waals surface area contributed by atoms with E-state index in [0.717, 1.165) is 31.9 Å². The lowest BCUT2D eigenvalue weighted by atomic mass is 9.99. The SMILES string of the molecule is CC(NCC1CN(c2cc3c(nn2)CCC3)C1)c1ccncc1. The summed E-state index contributed by atoms with van der Waals surface area (Å²) in [6.07, 6.45) is 7.20. The minimum absolute atomic E-state index is 0.367. The van der Waals surface area contributed by atoms with E-state index in [9.17, 15) is 0 Å². The summed E-state index contributed by atoms with van der Waals surface area (Å²) >= 11 is 0. The highest BCUT2D eigenvalue weighted by Crippen LogP contribution is 2.27. The van der Waals surface area contributed by atoms with Crippen molar-refractivity contribution in [2.24, 2.45) is 5.92 Å². The third-order valence-corrected chi connectivity index (χ3v) is 5.01. The highest BCUT2D eigenvalue weighted by atomic mass is 15.3. The number of anilines is 1. The van der Waals surface area contributed by atoms with Crippen molar-refractivity contribution < 1.29 is 0 Å². The Morgan fingerprint density at radius 1 is 1.22 bits per heavy atom. The van der Waals surface area contributed by atoms with Crippen molar-refractivity contribution >= 4 is 5.82 Å². The maximum atomic E-state index is 4.40. The summed E-state index contributed by atoms with van der Waals surface area (Å²) in [4.78, 5) is 6.41. The summed E-state index contributed by atoms with van der Waals surface area (Å²) in [6, 6.07) is 6.76. The van der Waals surface area contributed by atoms with Crippen LogP contribution >= 0.6 is 0 Å². The molecule has 5 heteroatoms. The van der Waals surface area contributed by atoms with Gasteiger partial charge in [-0.3, -0.25) is 4.98 Å². The van der Waals surface area contributed by atoms with Gasteiger partial charge in [-0.25, -0.2) is 0 Å². The highest BCUT2D eigenvalue weighted by molar-refractivity contribution is 5.45. The number of nitrogens with zero attached hydrogens (tertiary/aromatic N) is 4. The van der Waals surface area contributed by atoms with Crippen LogP contribution in [0.25, 0.3) is 0 Å². The minimum atomic E-state index is 0.367. The molecule has 1 unspecified atom stereocenters. The molecule has 3 heterocycles. The summed E-state index contributed by atoms with van der Waals surface area (Å²) in [5, 5.41) is 12.4. The molecule has 0 bridgehead atoms. The van der Waals surface area contributed by atoms with E-state index >= 15 is 0 Å². The number of fused-ring (bicyclic) bond motifs is 1. The molecule has 0 spiro atoms. The number of rotatable bonds is 5. The Bertz CT molecular complexity index is 666. The lowest BCUT2D eigenvalue weighted by molar-refractivity contribution is 0.366. The number of aromatic nitrogens is 3. The molecular weight excluding hydrogens is 286 g/mol. The Kier molecular flexibility index (Phi) is 3.95. The second-order valence-electron chi connectivity index (χ2n) is 6.71. The van der Waals surface area contributed by atoms with Crippen LogP contribution in [0.2, 0.25) is 0 Å². The van der Waals surface area contributed by atoms with Gasteiger partial charge in [-0.05, 0) is 55.5 Å². The van der Waals surface area contributed by atoms with Gasteiger partial charge in [0.1, 0.15) is 0 Å². The van der Waals surface area contributed by atoms with Crippen LogP contribution < -0.4 is 10.2 Å². The molecule has 23 heavy (non-hydrogen) atoms. The van der Waals surface area contributed by atoms with Crippen LogP contribution in [-0.2, 0) is 12.8 Å². The van der Waals surface area contributed by atoms with E-state index in [2.05, 4.69) is 50.5 Å². The fourth-order valence-corrected chi connectivity index (χ4v) is 3.47. The minimum Gasteiger partial charge on any atom is -0.354 e. The second-order valence-corrected chi connectivity index (χ2v) is 6.71. The van der Waals surface area contributed by atoms with Crippen molar-refractivity contribution in [3.05, 3.63) is 47.4 Å². The standard InChI is InChI=1S/C18H23N5/c1-13(15-5-7-19-8-6-15)20-10-14-11-23(12-14)18-9-16-3-2-4-17(16)21-22-18/h5-9,13-14,20H,2-4,10-12H2,1H3. The van der Waals surface area contributed by atoms with Crippen LogP contribution in [0.1, 0.15) is 36.2 Å². The molecule has 2 aromatic heterocycles. The van der Waals surface area contributed by atoms with Crippen molar-refractivity contribution in [3.63, 3.8) is 0 Å². The summed E-state index contributed by atoms with van der Waals surface area (Å²) < 4.78 is 0. The van der Waals surface area contributed by atoms with Crippen molar-refractivity contribution in [1.82, 2.24) is 20.5 Å². The Hall–Kier alpha value is -2.01. The van der Waals surface area contributed by atoms with Gasteiger partial charge in [-0.1, -0.05) is 0 Å². The molecule has 1 aliphatic carbocycles. The van der Waals surface area contributed by atoms with Crippen molar-refractivity contribution in [2.45, 2.75) is 32.2 Å². The molecule has 2 aliphatic rings. The third kappa shape index (κ3) is 3.06. The van der Waals surface area contributed by atoms with Gasteiger partial charge in [0.15, 0.2) is 5.82 Å². The van der Waals surface area contributed by atoms with Gasteiger partial charge >= 0.3 is 0 Å². The molecule has 1 aliphatic heterocycles. The van der Waals surface area contributed by atoms with Crippen LogP contribution in [-0.4, -0.2) is 34.8 Å². The predicted octanol–water partition coefficient (Wildman–Crippen LogP) is 2.15. The smallest absolute Gasteiger partial charge is 0.151 e. The molecule has 0 saturated carbocycles. The van der Waals surface area contributed by atoms with E-state index in [4.69, 9.17) is 0 Å². The van der Waals surface area contributed by atoms with Gasteiger partial charge in [0.2, 0.25) is 0 Å². The van der Waals surface area contributed by atoms with E-state index in [0.29, 0.717) is 12.0 Å². The first-order chi connectivity index (χ1) is 11.3. The molecule has 0 amide bonds. The zero-order valence-electron chi connectivity index (χ0n) is 13.6. The van der Waals surface area contributed by atoms with E-state index < -0.39 is 0 Å². The topological polar surface area (TPSA) is 53.9 Å². The van der Waals surface area contributed by atoms with Crippen molar-refractivity contribution in [3.8, 4) is 0 Å². The average Bonchev–Trinajstić information content (AvgIpc) is 3.01. The molecule has 1 N–H and O–H groups in total. The van der Waals surface area contributed by atoms with Crippen LogP contribution in [0, 0.1) is 5.92 Å². The van der Waals surface area contributed by atoms with Gasteiger partial charge in [0.05, 0.1) is 5.69 Å². The first kappa shape index (κ1) is 14.6. The molecule has 1 fully saturated rings. The second kappa shape index (κ2) is 6.24. The molecule has 0 radical (unpaired) electrons. The van der Waals surface area contributed by atoms with E-state index in [1.165, 1.54) is 29.7 Å². The quantitative estimate of drug-likeness (QED) is 0.917. The van der Waals surface area contributed by atoms with Crippen LogP contribution in [0.5, 0.6) is 0 Å². The third-order valence-electron chi connectivity index (χ3n) is 5.01. The van der Waals surface area contributed by atoms with Crippen LogP contribution in [0.3, 0.4) is 0 Å². The molecular formula is C18H23N5. The molecule has 0 aromatic carbocycles. The average molecular weight is 309 g/mol. The molecule has 2 aromatic rings. The van der Waals surface area contributed by atoms with E-state index in [-0.39, 0.29) is 0 Å². The lowest BCUT2D eigenvalue weighted by Crippen LogP contribution is -2.51. The van der Waals surface area contributed by atoms with E-state index in [1.807, 2.05) is 12.4 Å². The number of aryl methyl sites for hydroxylation is 2. The maximum absolute atomic E-state index is 4.40. The normalized spacial score (nSPS) is 18.6. The first-order valence-corrected chi connectivity index (χ1v) is 8.53. The molecule has 1 atom stereocenters. The monoisotopic (exact) mass is 309 g/mol. The fraction of sp³-hybridized carbons (Fsp3) is 0.500. The van der Waals surface area contributed by atoms with Gasteiger partial charge in [-0.2, -0.15) is 5.10 Å². The Balaban J connectivity index is 1.27. The Morgan fingerprint density at radius 2 is 2.04 bits per heavy atom. The molecule has 1 saturated heterocycles. The summed E-state index contributed by atoms with van der Waals surface area (Å²) in [7, 11) is 0. The zero-order chi connectivity index (χ0) is 15.6.